The molecule has 0 spiro atoms. The van der Waals surface area contributed by atoms with E-state index in [4.69, 9.17) is 5.11 Å². The number of hydrogen-bond donors (Lipinski definition) is 1. The van der Waals surface area contributed by atoms with E-state index in [2.05, 4.69) is 0 Å². The number of carbonyl (C=O) groups is 1. The van der Waals surface area contributed by atoms with Crippen LogP contribution in [0.25, 0.3) is 0 Å². The SMILES string of the molecule is CCC(=O)CC(O)(CF)CF. The summed E-state index contributed by atoms with van der Waals surface area (Å²) in [5.74, 6) is -0.331. The lowest BCUT2D eigenvalue weighted by atomic mass is 9.99. The molecule has 0 aromatic heterocycles. The van der Waals surface area contributed by atoms with Crippen molar-refractivity contribution in [2.24, 2.45) is 0 Å². The van der Waals surface area contributed by atoms with Gasteiger partial charge in [0, 0.05) is 12.8 Å². The van der Waals surface area contributed by atoms with E-state index in [1.54, 1.807) is 6.92 Å². The lowest BCUT2D eigenvalue weighted by Crippen LogP contribution is -2.36. The van der Waals surface area contributed by atoms with Gasteiger partial charge in [-0.3, -0.25) is 4.79 Å². The molecule has 0 aliphatic rings. The Morgan fingerprint density at radius 1 is 1.45 bits per heavy atom. The third-order valence-electron chi connectivity index (χ3n) is 1.42. The molecule has 0 bridgehead atoms. The molecule has 0 heterocycles. The van der Waals surface area contributed by atoms with Crippen molar-refractivity contribution in [3.63, 3.8) is 0 Å². The van der Waals surface area contributed by atoms with E-state index in [0.717, 1.165) is 0 Å². The summed E-state index contributed by atoms with van der Waals surface area (Å²) in [5.41, 5.74) is -2.08. The number of rotatable bonds is 5. The van der Waals surface area contributed by atoms with E-state index in [1.165, 1.54) is 0 Å². The average molecular weight is 166 g/mol. The molecule has 0 amide bonds. The molecular formula is C7H12F2O2. The van der Waals surface area contributed by atoms with Crippen LogP contribution in [0.2, 0.25) is 0 Å². The number of aliphatic hydroxyl groups is 1. The lowest BCUT2D eigenvalue weighted by Gasteiger charge is -2.19. The first-order chi connectivity index (χ1) is 5.08. The molecule has 0 aromatic rings. The second-order valence-electron chi connectivity index (χ2n) is 2.56. The predicted molar refractivity (Wildman–Crippen MR) is 36.8 cm³/mol. The normalized spacial score (nSPS) is 11.6. The highest BCUT2D eigenvalue weighted by Crippen LogP contribution is 2.13. The van der Waals surface area contributed by atoms with Crippen LogP contribution in [0.4, 0.5) is 8.78 Å². The molecule has 2 nitrogen and oxygen atoms in total. The van der Waals surface area contributed by atoms with Gasteiger partial charge < -0.3 is 5.11 Å². The van der Waals surface area contributed by atoms with Gasteiger partial charge in [0.1, 0.15) is 24.7 Å². The van der Waals surface area contributed by atoms with Crippen LogP contribution >= 0.6 is 0 Å². The highest BCUT2D eigenvalue weighted by Gasteiger charge is 2.29. The number of alkyl halides is 2. The van der Waals surface area contributed by atoms with Crippen LogP contribution in [0.5, 0.6) is 0 Å². The van der Waals surface area contributed by atoms with Crippen LogP contribution in [0.15, 0.2) is 0 Å². The maximum atomic E-state index is 11.9. The number of hydrogen-bond acceptors (Lipinski definition) is 2. The zero-order valence-electron chi connectivity index (χ0n) is 6.44. The highest BCUT2D eigenvalue weighted by atomic mass is 19.1. The Balaban J connectivity index is 3.96. The Morgan fingerprint density at radius 3 is 2.18 bits per heavy atom. The number of carbonyl (C=O) groups excluding carboxylic acids is 1. The summed E-state index contributed by atoms with van der Waals surface area (Å²) in [4.78, 5) is 10.7. The van der Waals surface area contributed by atoms with E-state index < -0.39 is 25.4 Å². The van der Waals surface area contributed by atoms with Crippen molar-refractivity contribution in [3.8, 4) is 0 Å². The van der Waals surface area contributed by atoms with Crippen LogP contribution in [-0.4, -0.2) is 29.8 Å². The van der Waals surface area contributed by atoms with Gasteiger partial charge in [-0.15, -0.1) is 0 Å². The molecule has 1 N–H and O–H groups in total. The highest BCUT2D eigenvalue weighted by molar-refractivity contribution is 5.79. The van der Waals surface area contributed by atoms with Crippen molar-refractivity contribution in [2.45, 2.75) is 25.4 Å². The van der Waals surface area contributed by atoms with E-state index >= 15 is 0 Å². The summed E-state index contributed by atoms with van der Waals surface area (Å²) in [6, 6.07) is 0. The van der Waals surface area contributed by atoms with Gasteiger partial charge in [-0.2, -0.15) is 0 Å². The maximum Gasteiger partial charge on any atom is 0.135 e. The van der Waals surface area contributed by atoms with Crippen LogP contribution < -0.4 is 0 Å². The first kappa shape index (κ1) is 10.5. The zero-order valence-corrected chi connectivity index (χ0v) is 6.44. The Morgan fingerprint density at radius 2 is 1.91 bits per heavy atom. The first-order valence-electron chi connectivity index (χ1n) is 3.44. The molecule has 11 heavy (non-hydrogen) atoms. The van der Waals surface area contributed by atoms with Gasteiger partial charge in [0.2, 0.25) is 0 Å². The first-order valence-corrected chi connectivity index (χ1v) is 3.44. The van der Waals surface area contributed by atoms with Gasteiger partial charge in [0.15, 0.2) is 0 Å². The van der Waals surface area contributed by atoms with Crippen molar-refractivity contribution in [2.75, 3.05) is 13.3 Å². The minimum atomic E-state index is -2.08. The Bertz CT molecular complexity index is 132. The molecular weight excluding hydrogens is 154 g/mol. The second kappa shape index (κ2) is 4.38. The van der Waals surface area contributed by atoms with Crippen LogP contribution in [0, 0.1) is 0 Å². The molecule has 0 rings (SSSR count). The molecule has 0 radical (unpaired) electrons. The quantitative estimate of drug-likeness (QED) is 0.662. The molecule has 0 aliphatic carbocycles. The standard InChI is InChI=1S/C7H12F2O2/c1-2-6(10)3-7(11,4-8)5-9/h11H,2-5H2,1H3. The third-order valence-corrected chi connectivity index (χ3v) is 1.42. The van der Waals surface area contributed by atoms with Crippen LogP contribution in [0.1, 0.15) is 19.8 Å². The fraction of sp³-hybridized carbons (Fsp3) is 0.857. The van der Waals surface area contributed by atoms with Crippen molar-refractivity contribution in [1.82, 2.24) is 0 Å². The molecule has 0 aromatic carbocycles. The van der Waals surface area contributed by atoms with Gasteiger partial charge in [-0.25, -0.2) is 8.78 Å². The number of halogens is 2. The lowest BCUT2D eigenvalue weighted by molar-refractivity contribution is -0.125. The largest absolute Gasteiger partial charge is 0.384 e. The molecule has 0 atom stereocenters. The smallest absolute Gasteiger partial charge is 0.135 e. The topological polar surface area (TPSA) is 37.3 Å². The summed E-state index contributed by atoms with van der Waals surface area (Å²) < 4.78 is 23.8. The molecule has 0 saturated heterocycles. The van der Waals surface area contributed by atoms with Crippen molar-refractivity contribution < 1.29 is 18.7 Å². The van der Waals surface area contributed by atoms with Gasteiger partial charge in [0.05, 0.1) is 0 Å². The summed E-state index contributed by atoms with van der Waals surface area (Å²) in [6.45, 7) is -0.844. The van der Waals surface area contributed by atoms with Crippen molar-refractivity contribution >= 4 is 5.78 Å². The molecule has 0 saturated carbocycles. The fourth-order valence-corrected chi connectivity index (χ4v) is 0.622. The molecule has 4 heteroatoms. The van der Waals surface area contributed by atoms with Gasteiger partial charge in [0.25, 0.3) is 0 Å². The van der Waals surface area contributed by atoms with Crippen LogP contribution in [0.3, 0.4) is 0 Å². The average Bonchev–Trinajstić information content (AvgIpc) is 2.04. The number of ketones is 1. The van der Waals surface area contributed by atoms with Gasteiger partial charge >= 0.3 is 0 Å². The van der Waals surface area contributed by atoms with Crippen molar-refractivity contribution in [1.29, 1.82) is 0 Å². The monoisotopic (exact) mass is 166 g/mol. The molecule has 66 valence electrons. The second-order valence-corrected chi connectivity index (χ2v) is 2.56. The van der Waals surface area contributed by atoms with Gasteiger partial charge in [-0.1, -0.05) is 6.92 Å². The molecule has 0 fully saturated rings. The fourth-order valence-electron chi connectivity index (χ4n) is 0.622. The molecule has 0 unspecified atom stereocenters. The maximum absolute atomic E-state index is 11.9. The van der Waals surface area contributed by atoms with E-state index in [0.29, 0.717) is 0 Å². The van der Waals surface area contributed by atoms with E-state index in [1.807, 2.05) is 0 Å². The van der Waals surface area contributed by atoms with E-state index in [-0.39, 0.29) is 12.2 Å². The predicted octanol–water partition coefficient (Wildman–Crippen LogP) is 1.03. The minimum absolute atomic E-state index is 0.197. The Hall–Kier alpha value is -0.510. The number of Topliss-reactive ketones (excluding diaryl/α,β-unsaturated/α-hetero) is 1. The third kappa shape index (κ3) is 3.41. The Labute approximate surface area is 64.2 Å². The van der Waals surface area contributed by atoms with Crippen LogP contribution in [-0.2, 0) is 4.79 Å². The minimum Gasteiger partial charge on any atom is -0.384 e. The summed E-state index contributed by atoms with van der Waals surface area (Å²) in [6.07, 6.45) is -0.237. The van der Waals surface area contributed by atoms with Crippen molar-refractivity contribution in [3.05, 3.63) is 0 Å². The summed E-state index contributed by atoms with van der Waals surface area (Å²) in [7, 11) is 0. The molecule has 0 aliphatic heterocycles. The summed E-state index contributed by atoms with van der Waals surface area (Å²) in [5, 5.41) is 8.96. The Kier molecular flexibility index (Phi) is 4.18. The zero-order chi connectivity index (χ0) is 8.91. The summed E-state index contributed by atoms with van der Waals surface area (Å²) >= 11 is 0. The van der Waals surface area contributed by atoms with Gasteiger partial charge in [-0.05, 0) is 0 Å². The van der Waals surface area contributed by atoms with E-state index in [9.17, 15) is 13.6 Å².